The van der Waals surface area contributed by atoms with E-state index in [0.29, 0.717) is 0 Å². The van der Waals surface area contributed by atoms with Gasteiger partial charge in [0.1, 0.15) is 0 Å². The van der Waals surface area contributed by atoms with Crippen LogP contribution in [0.15, 0.2) is 24.3 Å². The number of unbranched alkanes of at least 4 members (excludes halogenated alkanes) is 3. The van der Waals surface area contributed by atoms with Crippen molar-refractivity contribution in [3.63, 3.8) is 0 Å². The summed E-state index contributed by atoms with van der Waals surface area (Å²) in [6.07, 6.45) is 4.95. The molecule has 4 heteroatoms. The van der Waals surface area contributed by atoms with E-state index in [2.05, 4.69) is 6.92 Å². The molecule has 0 spiro atoms. The molecule has 0 aromatic heterocycles. The molecule has 0 aliphatic carbocycles. The zero-order chi connectivity index (χ0) is 11.8. The molecular weight excluding hydrogens is 269 g/mol. The average Bonchev–Trinajstić information content (AvgIpc) is 2.29. The fourth-order valence-electron chi connectivity index (χ4n) is 1.44. The van der Waals surface area contributed by atoms with Gasteiger partial charge >= 0.3 is 102 Å². The summed E-state index contributed by atoms with van der Waals surface area (Å²) in [5, 5.41) is 11.9. The van der Waals surface area contributed by atoms with Crippen LogP contribution < -0.4 is 4.46 Å². The summed E-state index contributed by atoms with van der Waals surface area (Å²) in [5.74, 6) is 0. The summed E-state index contributed by atoms with van der Waals surface area (Å²) >= 11 is 0.247. The number of hydrogen-bond donors (Lipinski definition) is 0. The Kier molecular flexibility index (Phi) is 6.12. The third-order valence-electron chi connectivity index (χ3n) is 2.32. The van der Waals surface area contributed by atoms with Crippen LogP contribution in [0.2, 0.25) is 5.32 Å². The summed E-state index contributed by atoms with van der Waals surface area (Å²) < 4.78 is 0.927. The molecule has 16 heavy (non-hydrogen) atoms. The van der Waals surface area contributed by atoms with Crippen molar-refractivity contribution in [3.05, 3.63) is 34.4 Å². The maximum atomic E-state index is 10.8. The molecule has 1 aromatic carbocycles. The Labute approximate surface area is 103 Å². The Balaban J connectivity index is 2.44. The summed E-state index contributed by atoms with van der Waals surface area (Å²) in [5.41, 5.74) is 0.290. The zero-order valence-electron chi connectivity index (χ0n) is 9.52. The molecule has 0 amide bonds. The summed E-state index contributed by atoms with van der Waals surface area (Å²) in [4.78, 5) is 10.5. The van der Waals surface area contributed by atoms with Gasteiger partial charge in [0.2, 0.25) is 0 Å². The third-order valence-corrected chi connectivity index (χ3v) is 4.73. The molecule has 0 aliphatic rings. The van der Waals surface area contributed by atoms with Gasteiger partial charge in [0, 0.05) is 0 Å². The molecule has 1 rings (SSSR count). The van der Waals surface area contributed by atoms with E-state index >= 15 is 0 Å². The second-order valence-corrected chi connectivity index (χ2v) is 6.02. The Morgan fingerprint density at radius 2 is 2.00 bits per heavy atom. The summed E-state index contributed by atoms with van der Waals surface area (Å²) in [6.45, 7) is 2.19. The van der Waals surface area contributed by atoms with Crippen molar-refractivity contribution in [1.82, 2.24) is 0 Å². The van der Waals surface area contributed by atoms with Gasteiger partial charge in [-0.25, -0.2) is 0 Å². The van der Waals surface area contributed by atoms with Gasteiger partial charge in [0.05, 0.1) is 0 Å². The van der Waals surface area contributed by atoms with E-state index in [1.807, 2.05) is 12.1 Å². The molecule has 0 fully saturated rings. The van der Waals surface area contributed by atoms with Crippen LogP contribution in [0.25, 0.3) is 0 Å². The molecule has 0 N–H and O–H groups in total. The number of para-hydroxylation sites is 1. The van der Waals surface area contributed by atoms with E-state index in [9.17, 15) is 10.1 Å². The van der Waals surface area contributed by atoms with Crippen LogP contribution in [0.3, 0.4) is 0 Å². The molecule has 0 saturated carbocycles. The van der Waals surface area contributed by atoms with Crippen molar-refractivity contribution >= 4 is 25.1 Å². The van der Waals surface area contributed by atoms with E-state index in [1.54, 1.807) is 12.1 Å². The fraction of sp³-hybridized carbons (Fsp3) is 0.500. The predicted molar refractivity (Wildman–Crippen MR) is 67.4 cm³/mol. The third kappa shape index (κ3) is 4.33. The van der Waals surface area contributed by atoms with Crippen LogP contribution in [-0.2, 0) is 0 Å². The molecule has 0 radical (unpaired) electrons. The van der Waals surface area contributed by atoms with Gasteiger partial charge in [-0.1, -0.05) is 0 Å². The number of hydrogen-bond acceptors (Lipinski definition) is 2. The van der Waals surface area contributed by atoms with Crippen molar-refractivity contribution in [2.75, 3.05) is 0 Å². The molecule has 0 bridgehead atoms. The number of benzene rings is 1. The second-order valence-electron chi connectivity index (χ2n) is 3.63. The topological polar surface area (TPSA) is 43.1 Å². The van der Waals surface area contributed by atoms with Gasteiger partial charge in [-0.15, -0.1) is 0 Å². The van der Waals surface area contributed by atoms with Crippen LogP contribution >= 0.6 is 0 Å². The fourth-order valence-corrected chi connectivity index (χ4v) is 3.61. The normalized spacial score (nSPS) is 10.3. The molecule has 0 atom stereocenters. The van der Waals surface area contributed by atoms with Gasteiger partial charge in [-0.2, -0.15) is 0 Å². The standard InChI is InChI=1S/C12H17NO2Se/c1-2-3-4-7-10-16-12-9-6-5-8-11(12)13(14)15/h5-6,8-9H,2-4,7,10H2,1H3. The second kappa shape index (κ2) is 7.42. The first-order chi connectivity index (χ1) is 7.75. The Hall–Kier alpha value is -0.861. The number of rotatable bonds is 7. The van der Waals surface area contributed by atoms with E-state index in [1.165, 1.54) is 25.7 Å². The van der Waals surface area contributed by atoms with Crippen molar-refractivity contribution in [2.24, 2.45) is 0 Å². The van der Waals surface area contributed by atoms with Gasteiger partial charge in [-0.3, -0.25) is 0 Å². The van der Waals surface area contributed by atoms with E-state index in [4.69, 9.17) is 0 Å². The number of nitro groups is 1. The predicted octanol–water partition coefficient (Wildman–Crippen LogP) is 2.92. The molecule has 0 unspecified atom stereocenters. The van der Waals surface area contributed by atoms with Gasteiger partial charge in [0.15, 0.2) is 0 Å². The van der Waals surface area contributed by atoms with E-state index in [-0.39, 0.29) is 25.6 Å². The summed E-state index contributed by atoms with van der Waals surface area (Å²) in [7, 11) is 0. The molecule has 0 aliphatic heterocycles. The minimum absolute atomic E-state index is 0.247. The van der Waals surface area contributed by atoms with Crippen LogP contribution in [0.4, 0.5) is 5.69 Å². The molecule has 3 nitrogen and oxygen atoms in total. The first-order valence-corrected chi connectivity index (χ1v) is 7.68. The Bertz CT molecular complexity index is 342. The quantitative estimate of drug-likeness (QED) is 0.335. The number of nitro benzene ring substituents is 1. The van der Waals surface area contributed by atoms with Crippen molar-refractivity contribution in [2.45, 2.75) is 37.9 Å². The molecule has 0 heterocycles. The van der Waals surface area contributed by atoms with E-state index in [0.717, 1.165) is 9.78 Å². The van der Waals surface area contributed by atoms with Gasteiger partial charge in [-0.05, 0) is 0 Å². The average molecular weight is 286 g/mol. The summed E-state index contributed by atoms with van der Waals surface area (Å²) in [6, 6.07) is 7.10. The monoisotopic (exact) mass is 287 g/mol. The Morgan fingerprint density at radius 1 is 1.25 bits per heavy atom. The first kappa shape index (κ1) is 13.2. The van der Waals surface area contributed by atoms with Crippen LogP contribution in [0, 0.1) is 10.1 Å². The van der Waals surface area contributed by atoms with Crippen molar-refractivity contribution in [3.8, 4) is 0 Å². The van der Waals surface area contributed by atoms with Gasteiger partial charge < -0.3 is 0 Å². The van der Waals surface area contributed by atoms with Crippen molar-refractivity contribution in [1.29, 1.82) is 0 Å². The Morgan fingerprint density at radius 3 is 2.69 bits per heavy atom. The molecule has 0 saturated heterocycles. The molecule has 88 valence electrons. The zero-order valence-corrected chi connectivity index (χ0v) is 11.2. The number of nitrogens with zero attached hydrogens (tertiary/aromatic N) is 1. The first-order valence-electron chi connectivity index (χ1n) is 5.62. The van der Waals surface area contributed by atoms with Gasteiger partial charge in [0.25, 0.3) is 0 Å². The van der Waals surface area contributed by atoms with Crippen LogP contribution in [0.5, 0.6) is 0 Å². The maximum absolute atomic E-state index is 10.8. The van der Waals surface area contributed by atoms with Crippen LogP contribution in [0.1, 0.15) is 32.6 Å². The van der Waals surface area contributed by atoms with Crippen LogP contribution in [-0.4, -0.2) is 19.9 Å². The SMILES string of the molecule is CCCCCC[Se]c1ccccc1[N+](=O)[O-]. The van der Waals surface area contributed by atoms with E-state index < -0.39 is 0 Å². The molecular formula is C12H17NO2Se. The van der Waals surface area contributed by atoms with Crippen molar-refractivity contribution < 1.29 is 4.92 Å². The minimum atomic E-state index is -0.275. The molecule has 1 aromatic rings.